The van der Waals surface area contributed by atoms with Crippen LogP contribution in [0, 0.1) is 0 Å². The number of furan rings is 1. The number of nitrogen functional groups attached to an aromatic ring is 1. The van der Waals surface area contributed by atoms with E-state index in [2.05, 4.69) is 31.0 Å². The molecular formula is C15H10BrN5O. The fourth-order valence-electron chi connectivity index (χ4n) is 2.22. The Balaban J connectivity index is 1.97. The molecule has 1 aromatic carbocycles. The zero-order chi connectivity index (χ0) is 15.1. The van der Waals surface area contributed by atoms with Gasteiger partial charge >= 0.3 is 0 Å². The van der Waals surface area contributed by atoms with Crippen molar-refractivity contribution in [3.05, 3.63) is 53.2 Å². The molecule has 4 aromatic rings. The Labute approximate surface area is 133 Å². The highest BCUT2D eigenvalue weighted by molar-refractivity contribution is 9.10. The maximum atomic E-state index is 6.01. The van der Waals surface area contributed by atoms with Crippen molar-refractivity contribution < 1.29 is 4.42 Å². The van der Waals surface area contributed by atoms with Crippen molar-refractivity contribution in [3.8, 4) is 22.8 Å². The minimum Gasteiger partial charge on any atom is -0.461 e. The van der Waals surface area contributed by atoms with Gasteiger partial charge in [-0.2, -0.15) is 14.6 Å². The Morgan fingerprint density at radius 1 is 1.05 bits per heavy atom. The van der Waals surface area contributed by atoms with E-state index in [0.29, 0.717) is 17.2 Å². The van der Waals surface area contributed by atoms with Crippen LogP contribution in [0.4, 0.5) is 5.95 Å². The topological polar surface area (TPSA) is 82.2 Å². The second kappa shape index (κ2) is 4.96. The van der Waals surface area contributed by atoms with Gasteiger partial charge in [-0.05, 0) is 28.1 Å². The highest BCUT2D eigenvalue weighted by atomic mass is 79.9. The molecule has 3 aromatic heterocycles. The van der Waals surface area contributed by atoms with Crippen LogP contribution in [0.2, 0.25) is 0 Å². The quantitative estimate of drug-likeness (QED) is 0.595. The number of benzene rings is 1. The van der Waals surface area contributed by atoms with Crippen molar-refractivity contribution in [3.63, 3.8) is 0 Å². The highest BCUT2D eigenvalue weighted by Crippen LogP contribution is 2.31. The van der Waals surface area contributed by atoms with Crippen LogP contribution < -0.4 is 5.73 Å². The van der Waals surface area contributed by atoms with E-state index >= 15 is 0 Å². The van der Waals surface area contributed by atoms with Crippen LogP contribution in [0.25, 0.3) is 28.5 Å². The van der Waals surface area contributed by atoms with Crippen LogP contribution >= 0.6 is 15.9 Å². The van der Waals surface area contributed by atoms with Crippen LogP contribution in [-0.4, -0.2) is 19.6 Å². The molecule has 22 heavy (non-hydrogen) atoms. The van der Waals surface area contributed by atoms with Gasteiger partial charge in [0.25, 0.3) is 0 Å². The van der Waals surface area contributed by atoms with E-state index in [1.807, 2.05) is 30.3 Å². The van der Waals surface area contributed by atoms with Gasteiger partial charge in [0, 0.05) is 5.56 Å². The standard InChI is InChI=1S/C15H10BrN5O/c16-11-12(9-5-2-1-3-6-9)20-21-14(11)18-13(19-15(21)17)10-7-4-8-22-10/h1-8H,(H2,17,18,19). The first kappa shape index (κ1) is 13.0. The van der Waals surface area contributed by atoms with Crippen molar-refractivity contribution in [2.45, 2.75) is 0 Å². The summed E-state index contributed by atoms with van der Waals surface area (Å²) in [6.45, 7) is 0. The Morgan fingerprint density at radius 2 is 1.86 bits per heavy atom. The van der Waals surface area contributed by atoms with Gasteiger partial charge in [-0.15, -0.1) is 0 Å². The van der Waals surface area contributed by atoms with Gasteiger partial charge in [0.1, 0.15) is 5.69 Å². The minimum absolute atomic E-state index is 0.249. The van der Waals surface area contributed by atoms with Gasteiger partial charge < -0.3 is 10.2 Å². The summed E-state index contributed by atoms with van der Waals surface area (Å²) in [6.07, 6.45) is 1.57. The molecule has 0 aliphatic heterocycles. The Hall–Kier alpha value is -2.67. The van der Waals surface area contributed by atoms with Crippen molar-refractivity contribution in [2.24, 2.45) is 0 Å². The summed E-state index contributed by atoms with van der Waals surface area (Å²) >= 11 is 3.56. The lowest BCUT2D eigenvalue weighted by molar-refractivity contribution is 0.577. The van der Waals surface area contributed by atoms with Gasteiger partial charge in [0.2, 0.25) is 11.8 Å². The molecule has 4 rings (SSSR count). The third-order valence-electron chi connectivity index (χ3n) is 3.24. The molecule has 3 heterocycles. The summed E-state index contributed by atoms with van der Waals surface area (Å²) in [4.78, 5) is 8.74. The van der Waals surface area contributed by atoms with Gasteiger partial charge in [-0.3, -0.25) is 0 Å². The molecule has 0 bridgehead atoms. The fraction of sp³-hybridized carbons (Fsp3) is 0. The number of hydrogen-bond donors (Lipinski definition) is 1. The summed E-state index contributed by atoms with van der Waals surface area (Å²) in [5, 5.41) is 4.49. The molecule has 0 atom stereocenters. The molecule has 0 saturated carbocycles. The Bertz CT molecular complexity index is 947. The third kappa shape index (κ3) is 1.98. The summed E-state index contributed by atoms with van der Waals surface area (Å²) in [7, 11) is 0. The summed E-state index contributed by atoms with van der Waals surface area (Å²) < 4.78 is 7.61. The van der Waals surface area contributed by atoms with Crippen LogP contribution in [-0.2, 0) is 0 Å². The summed E-state index contributed by atoms with van der Waals surface area (Å²) in [5.41, 5.74) is 8.34. The van der Waals surface area contributed by atoms with Crippen molar-refractivity contribution >= 4 is 27.5 Å². The highest BCUT2D eigenvalue weighted by Gasteiger charge is 2.18. The Kier molecular flexibility index (Phi) is 2.93. The van der Waals surface area contributed by atoms with E-state index < -0.39 is 0 Å². The normalized spacial score (nSPS) is 11.1. The molecule has 0 saturated heterocycles. The molecule has 6 nitrogen and oxygen atoms in total. The first-order valence-corrected chi connectivity index (χ1v) is 7.34. The number of anilines is 1. The van der Waals surface area contributed by atoms with Crippen molar-refractivity contribution in [1.29, 1.82) is 0 Å². The molecule has 108 valence electrons. The zero-order valence-electron chi connectivity index (χ0n) is 11.3. The van der Waals surface area contributed by atoms with E-state index in [0.717, 1.165) is 15.7 Å². The van der Waals surface area contributed by atoms with E-state index in [9.17, 15) is 0 Å². The lowest BCUT2D eigenvalue weighted by atomic mass is 10.2. The van der Waals surface area contributed by atoms with Crippen LogP contribution in [0.15, 0.2) is 57.6 Å². The number of rotatable bonds is 2. The number of nitrogens with zero attached hydrogens (tertiary/aromatic N) is 4. The maximum absolute atomic E-state index is 6.01. The predicted octanol–water partition coefficient (Wildman–Crippen LogP) is 3.40. The largest absolute Gasteiger partial charge is 0.461 e. The molecule has 0 amide bonds. The average molecular weight is 356 g/mol. The number of fused-ring (bicyclic) bond motifs is 1. The van der Waals surface area contributed by atoms with E-state index in [1.165, 1.54) is 4.52 Å². The number of halogens is 1. The van der Waals surface area contributed by atoms with Gasteiger partial charge in [0.15, 0.2) is 11.4 Å². The first-order valence-electron chi connectivity index (χ1n) is 6.55. The SMILES string of the molecule is Nc1nc(-c2ccco2)nc2c(Br)c(-c3ccccc3)nn12. The predicted molar refractivity (Wildman–Crippen MR) is 86.0 cm³/mol. The lowest BCUT2D eigenvalue weighted by Gasteiger charge is -2.00. The number of aromatic nitrogens is 4. The van der Waals surface area contributed by atoms with E-state index in [1.54, 1.807) is 18.4 Å². The zero-order valence-corrected chi connectivity index (χ0v) is 12.9. The second-order valence-electron chi connectivity index (χ2n) is 4.65. The number of hydrogen-bond acceptors (Lipinski definition) is 5. The molecule has 7 heteroatoms. The van der Waals surface area contributed by atoms with Crippen molar-refractivity contribution in [2.75, 3.05) is 5.73 Å². The molecule has 0 unspecified atom stereocenters. The molecular weight excluding hydrogens is 346 g/mol. The van der Waals surface area contributed by atoms with Crippen LogP contribution in [0.3, 0.4) is 0 Å². The van der Waals surface area contributed by atoms with Gasteiger partial charge in [-0.1, -0.05) is 30.3 Å². The smallest absolute Gasteiger partial charge is 0.225 e. The molecule has 0 fully saturated rings. The number of nitrogens with two attached hydrogens (primary N) is 1. The second-order valence-corrected chi connectivity index (χ2v) is 5.44. The van der Waals surface area contributed by atoms with E-state index in [-0.39, 0.29) is 5.95 Å². The fourth-order valence-corrected chi connectivity index (χ4v) is 2.79. The molecule has 0 spiro atoms. The van der Waals surface area contributed by atoms with Crippen LogP contribution in [0.1, 0.15) is 0 Å². The molecule has 0 aliphatic carbocycles. The maximum Gasteiger partial charge on any atom is 0.225 e. The molecule has 0 radical (unpaired) electrons. The van der Waals surface area contributed by atoms with Gasteiger partial charge in [0.05, 0.1) is 10.7 Å². The summed E-state index contributed by atoms with van der Waals surface area (Å²) in [5.74, 6) is 1.23. The first-order chi connectivity index (χ1) is 10.7. The summed E-state index contributed by atoms with van der Waals surface area (Å²) in [6, 6.07) is 13.4. The van der Waals surface area contributed by atoms with E-state index in [4.69, 9.17) is 10.2 Å². The average Bonchev–Trinajstić information content (AvgIpc) is 3.17. The molecule has 0 aliphatic rings. The van der Waals surface area contributed by atoms with Crippen molar-refractivity contribution in [1.82, 2.24) is 19.6 Å². The van der Waals surface area contributed by atoms with Crippen LogP contribution in [0.5, 0.6) is 0 Å². The van der Waals surface area contributed by atoms with Gasteiger partial charge in [-0.25, -0.2) is 4.98 Å². The molecule has 2 N–H and O–H groups in total. The minimum atomic E-state index is 0.249. The third-order valence-corrected chi connectivity index (χ3v) is 3.97. The Morgan fingerprint density at radius 3 is 2.59 bits per heavy atom. The monoisotopic (exact) mass is 355 g/mol. The lowest BCUT2D eigenvalue weighted by Crippen LogP contribution is -2.05.